The highest BCUT2D eigenvalue weighted by atomic mass is 16.6. The molecule has 0 aromatic heterocycles. The van der Waals surface area contributed by atoms with Crippen molar-refractivity contribution in [2.75, 3.05) is 0 Å². The number of hydrogen-bond acceptors (Lipinski definition) is 7. The molecule has 1 saturated heterocycles. The molecular formula is C19H24O7. The number of carbonyl (C=O) groups excluding carboxylic acids is 3. The predicted octanol–water partition coefficient (Wildman–Crippen LogP) is 0.993. The maximum atomic E-state index is 12.4. The van der Waals surface area contributed by atoms with Crippen molar-refractivity contribution in [3.8, 4) is 0 Å². The van der Waals surface area contributed by atoms with Crippen LogP contribution >= 0.6 is 0 Å². The lowest BCUT2D eigenvalue weighted by Gasteiger charge is -2.33. The van der Waals surface area contributed by atoms with Gasteiger partial charge >= 0.3 is 11.9 Å². The van der Waals surface area contributed by atoms with Crippen LogP contribution in [-0.2, 0) is 23.9 Å². The summed E-state index contributed by atoms with van der Waals surface area (Å²) in [6.45, 7) is 11.6. The van der Waals surface area contributed by atoms with Crippen molar-refractivity contribution >= 4 is 17.7 Å². The number of Topliss-reactive ketones (excluding diaryl/α,β-unsaturated/α-hetero) is 1. The van der Waals surface area contributed by atoms with Gasteiger partial charge in [-0.3, -0.25) is 4.79 Å². The van der Waals surface area contributed by atoms with Crippen LogP contribution in [-0.4, -0.2) is 51.8 Å². The molecule has 7 heteroatoms. The third-order valence-electron chi connectivity index (χ3n) is 4.80. The van der Waals surface area contributed by atoms with Crippen LogP contribution in [0.5, 0.6) is 0 Å². The summed E-state index contributed by atoms with van der Waals surface area (Å²) in [6.07, 6.45) is -2.00. The van der Waals surface area contributed by atoms with E-state index in [0.717, 1.165) is 0 Å². The number of ether oxygens (including phenoxy) is 2. The van der Waals surface area contributed by atoms with E-state index < -0.39 is 47.6 Å². The van der Waals surface area contributed by atoms with E-state index in [1.54, 1.807) is 6.92 Å². The Labute approximate surface area is 152 Å². The standard InChI is InChI=1S/C19H24O7/c1-9(2)17(22)26-14-8-19(5,24)15(21)7-12(20)10(3)6-13-16(14)11(4)18(23)25-13/h6,12-14,16,20,24H,1,4,7-8H2,2-3,5H3/t12?,13-,14+,16+,19-/m1/s1. The number of rotatable bonds is 2. The Kier molecular flexibility index (Phi) is 5.53. The second-order valence-corrected chi connectivity index (χ2v) is 7.18. The number of esters is 2. The third kappa shape index (κ3) is 3.94. The van der Waals surface area contributed by atoms with Gasteiger partial charge in [-0.2, -0.15) is 0 Å². The average Bonchev–Trinajstić information content (AvgIpc) is 2.79. The van der Waals surface area contributed by atoms with Gasteiger partial charge in [0.25, 0.3) is 0 Å². The smallest absolute Gasteiger partial charge is 0.334 e. The summed E-state index contributed by atoms with van der Waals surface area (Å²) in [4.78, 5) is 36.5. The minimum absolute atomic E-state index is 0.0804. The van der Waals surface area contributed by atoms with E-state index in [1.807, 2.05) is 0 Å². The fourth-order valence-corrected chi connectivity index (χ4v) is 3.09. The van der Waals surface area contributed by atoms with E-state index >= 15 is 0 Å². The van der Waals surface area contributed by atoms with Crippen LogP contribution in [0.25, 0.3) is 0 Å². The highest BCUT2D eigenvalue weighted by Crippen LogP contribution is 2.37. The van der Waals surface area contributed by atoms with Crippen LogP contribution in [0, 0.1) is 5.92 Å². The van der Waals surface area contributed by atoms with E-state index in [4.69, 9.17) is 9.47 Å². The third-order valence-corrected chi connectivity index (χ3v) is 4.80. The zero-order valence-corrected chi connectivity index (χ0v) is 15.2. The molecule has 2 N–H and O–H groups in total. The SMILES string of the molecule is C=C(C)C(=O)O[C@H]1C[C@@](C)(O)C(=O)CC(O)C(C)=C[C@H]2OC(=O)C(=C)[C@H]12. The molecule has 0 spiro atoms. The molecule has 142 valence electrons. The summed E-state index contributed by atoms with van der Waals surface area (Å²) >= 11 is 0. The van der Waals surface area contributed by atoms with Gasteiger partial charge in [-0.15, -0.1) is 0 Å². The van der Waals surface area contributed by atoms with Gasteiger partial charge in [-0.05, 0) is 32.4 Å². The molecule has 2 rings (SSSR count). The highest BCUT2D eigenvalue weighted by Gasteiger charge is 2.48. The molecule has 1 heterocycles. The van der Waals surface area contributed by atoms with E-state index in [0.29, 0.717) is 5.57 Å². The highest BCUT2D eigenvalue weighted by molar-refractivity contribution is 5.92. The van der Waals surface area contributed by atoms with Gasteiger partial charge in [0.2, 0.25) is 0 Å². The van der Waals surface area contributed by atoms with Crippen LogP contribution in [0.2, 0.25) is 0 Å². The molecule has 0 amide bonds. The van der Waals surface area contributed by atoms with Crippen molar-refractivity contribution in [2.45, 2.75) is 57.5 Å². The molecule has 1 fully saturated rings. The van der Waals surface area contributed by atoms with Gasteiger partial charge in [0, 0.05) is 24.0 Å². The minimum Gasteiger partial charge on any atom is -0.458 e. The molecular weight excluding hydrogens is 340 g/mol. The molecule has 2 aliphatic rings. The summed E-state index contributed by atoms with van der Waals surface area (Å²) in [5.74, 6) is -2.74. The van der Waals surface area contributed by atoms with E-state index in [2.05, 4.69) is 13.2 Å². The first-order chi connectivity index (χ1) is 11.9. The zero-order valence-electron chi connectivity index (χ0n) is 15.2. The molecule has 5 atom stereocenters. The Morgan fingerprint density at radius 1 is 1.42 bits per heavy atom. The van der Waals surface area contributed by atoms with Gasteiger partial charge in [-0.25, -0.2) is 9.59 Å². The Morgan fingerprint density at radius 2 is 2.04 bits per heavy atom. The molecule has 0 bridgehead atoms. The number of fused-ring (bicyclic) bond motifs is 1. The van der Waals surface area contributed by atoms with Crippen LogP contribution < -0.4 is 0 Å². The first-order valence-corrected chi connectivity index (χ1v) is 8.32. The lowest BCUT2D eigenvalue weighted by Crippen LogP contribution is -2.46. The quantitative estimate of drug-likeness (QED) is 0.427. The lowest BCUT2D eigenvalue weighted by atomic mass is 9.79. The Morgan fingerprint density at radius 3 is 2.62 bits per heavy atom. The number of hydrogen-bond donors (Lipinski definition) is 2. The molecule has 1 aliphatic carbocycles. The van der Waals surface area contributed by atoms with E-state index in [9.17, 15) is 24.6 Å². The normalized spacial score (nSPS) is 35.3. The number of aliphatic hydroxyl groups is 2. The van der Waals surface area contributed by atoms with Gasteiger partial charge in [0.15, 0.2) is 5.78 Å². The maximum Gasteiger partial charge on any atom is 0.334 e. The summed E-state index contributed by atoms with van der Waals surface area (Å²) < 4.78 is 10.7. The number of aliphatic hydroxyl groups excluding tert-OH is 1. The van der Waals surface area contributed by atoms with Gasteiger partial charge in [0.1, 0.15) is 17.8 Å². The lowest BCUT2D eigenvalue weighted by molar-refractivity contribution is -0.156. The number of ketones is 1. The first kappa shape index (κ1) is 20.1. The Bertz CT molecular complexity index is 701. The molecule has 1 unspecified atom stereocenters. The summed E-state index contributed by atoms with van der Waals surface area (Å²) in [5.41, 5.74) is -1.23. The first-order valence-electron chi connectivity index (χ1n) is 8.32. The monoisotopic (exact) mass is 364 g/mol. The van der Waals surface area contributed by atoms with E-state index in [-0.39, 0.29) is 24.0 Å². The Hall–Kier alpha value is -2.25. The van der Waals surface area contributed by atoms with Crippen molar-refractivity contribution in [3.05, 3.63) is 36.0 Å². The number of carbonyl (C=O) groups is 3. The van der Waals surface area contributed by atoms with Gasteiger partial charge < -0.3 is 19.7 Å². The summed E-state index contributed by atoms with van der Waals surface area (Å²) in [7, 11) is 0. The molecule has 7 nitrogen and oxygen atoms in total. The van der Waals surface area contributed by atoms with Crippen molar-refractivity contribution in [1.82, 2.24) is 0 Å². The fraction of sp³-hybridized carbons (Fsp3) is 0.526. The molecule has 1 aliphatic heterocycles. The fourth-order valence-electron chi connectivity index (χ4n) is 3.09. The van der Waals surface area contributed by atoms with Crippen LogP contribution in [0.3, 0.4) is 0 Å². The molecule has 0 aromatic carbocycles. The molecule has 0 radical (unpaired) electrons. The van der Waals surface area contributed by atoms with Crippen molar-refractivity contribution < 1.29 is 34.1 Å². The average molecular weight is 364 g/mol. The van der Waals surface area contributed by atoms with Crippen LogP contribution in [0.4, 0.5) is 0 Å². The molecule has 26 heavy (non-hydrogen) atoms. The second-order valence-electron chi connectivity index (χ2n) is 7.18. The van der Waals surface area contributed by atoms with Crippen molar-refractivity contribution in [2.24, 2.45) is 5.92 Å². The summed E-state index contributed by atoms with van der Waals surface area (Å²) in [5, 5.41) is 20.8. The van der Waals surface area contributed by atoms with Crippen molar-refractivity contribution in [1.29, 1.82) is 0 Å². The predicted molar refractivity (Wildman–Crippen MR) is 91.8 cm³/mol. The molecule has 0 saturated carbocycles. The van der Waals surface area contributed by atoms with Crippen LogP contribution in [0.15, 0.2) is 36.0 Å². The van der Waals surface area contributed by atoms with Gasteiger partial charge in [0.05, 0.1) is 12.0 Å². The van der Waals surface area contributed by atoms with Crippen molar-refractivity contribution in [3.63, 3.8) is 0 Å². The molecule has 0 aromatic rings. The second kappa shape index (κ2) is 7.17. The Balaban J connectivity index is 2.52. The zero-order chi connectivity index (χ0) is 19.8. The van der Waals surface area contributed by atoms with Crippen LogP contribution in [0.1, 0.15) is 33.6 Å². The minimum atomic E-state index is -1.87. The maximum absolute atomic E-state index is 12.4. The summed E-state index contributed by atoms with van der Waals surface area (Å²) in [6, 6.07) is 0. The van der Waals surface area contributed by atoms with E-state index in [1.165, 1.54) is 19.9 Å². The van der Waals surface area contributed by atoms with Gasteiger partial charge in [-0.1, -0.05) is 13.2 Å². The topological polar surface area (TPSA) is 110 Å². The largest absolute Gasteiger partial charge is 0.458 e.